The average molecular weight is 433 g/mol. The van der Waals surface area contributed by atoms with Gasteiger partial charge in [-0.05, 0) is 47.9 Å². The third-order valence-corrected chi connectivity index (χ3v) is 5.49. The van der Waals surface area contributed by atoms with Crippen LogP contribution in [0.4, 0.5) is 23.7 Å². The molecule has 1 fully saturated rings. The molecule has 0 saturated carbocycles. The van der Waals surface area contributed by atoms with Crippen LogP contribution in [0.3, 0.4) is 0 Å². The van der Waals surface area contributed by atoms with Crippen molar-refractivity contribution in [1.29, 1.82) is 0 Å². The van der Waals surface area contributed by atoms with Gasteiger partial charge in [0.1, 0.15) is 0 Å². The summed E-state index contributed by atoms with van der Waals surface area (Å²) in [4.78, 5) is 28.6. The van der Waals surface area contributed by atoms with Crippen LogP contribution in [0.25, 0.3) is 0 Å². The van der Waals surface area contributed by atoms with Crippen molar-refractivity contribution in [3.05, 3.63) is 64.7 Å². The van der Waals surface area contributed by atoms with Crippen LogP contribution in [0.15, 0.2) is 42.5 Å². The van der Waals surface area contributed by atoms with E-state index in [0.29, 0.717) is 61.6 Å². The van der Waals surface area contributed by atoms with Crippen molar-refractivity contribution in [1.82, 2.24) is 9.80 Å². The summed E-state index contributed by atoms with van der Waals surface area (Å²) in [6.45, 7) is 2.60. The van der Waals surface area contributed by atoms with Crippen LogP contribution in [-0.2, 0) is 23.9 Å². The molecule has 2 aliphatic heterocycles. The highest BCUT2D eigenvalue weighted by Crippen LogP contribution is 2.32. The largest absolute Gasteiger partial charge is 0.416 e. The van der Waals surface area contributed by atoms with Gasteiger partial charge in [0.05, 0.1) is 18.8 Å². The van der Waals surface area contributed by atoms with Crippen molar-refractivity contribution in [2.45, 2.75) is 19.1 Å². The monoisotopic (exact) mass is 433 g/mol. The van der Waals surface area contributed by atoms with E-state index >= 15 is 0 Å². The normalized spacial score (nSPS) is 16.6. The molecule has 2 aromatic carbocycles. The molecule has 0 radical (unpaired) electrons. The number of urea groups is 1. The van der Waals surface area contributed by atoms with Crippen molar-refractivity contribution >= 4 is 17.6 Å². The van der Waals surface area contributed by atoms with Gasteiger partial charge in [0.2, 0.25) is 0 Å². The number of hydrogen-bond acceptors (Lipinski definition) is 3. The fourth-order valence-corrected chi connectivity index (χ4v) is 3.78. The molecule has 0 unspecified atom stereocenters. The van der Waals surface area contributed by atoms with Crippen molar-refractivity contribution in [3.63, 3.8) is 0 Å². The van der Waals surface area contributed by atoms with Crippen LogP contribution < -0.4 is 5.32 Å². The molecule has 9 heteroatoms. The summed E-state index contributed by atoms with van der Waals surface area (Å²) in [5.74, 6) is -0.119. The van der Waals surface area contributed by atoms with E-state index in [4.69, 9.17) is 4.74 Å². The molecular formula is C22H22F3N3O3. The third-order valence-electron chi connectivity index (χ3n) is 5.49. The summed E-state index contributed by atoms with van der Waals surface area (Å²) in [5.41, 5.74) is 1.60. The van der Waals surface area contributed by atoms with E-state index in [9.17, 15) is 22.8 Å². The lowest BCUT2D eigenvalue weighted by Gasteiger charge is -2.29. The van der Waals surface area contributed by atoms with Crippen LogP contribution in [0.1, 0.15) is 27.0 Å². The summed E-state index contributed by atoms with van der Waals surface area (Å²) < 4.78 is 44.0. The molecule has 1 N–H and O–H groups in total. The standard InChI is InChI=1S/C22H22F3N3O3/c23-22(24,25)18-5-4-17-14-28(7-6-15(17)12-18)21(30)26-19-3-1-2-16(13-19)20(29)27-8-10-31-11-9-27/h1-5,12-13H,6-11,14H2,(H,26,30). The molecule has 3 amide bonds. The average Bonchev–Trinajstić information content (AvgIpc) is 2.78. The van der Waals surface area contributed by atoms with Gasteiger partial charge >= 0.3 is 12.2 Å². The highest BCUT2D eigenvalue weighted by molar-refractivity contribution is 5.97. The smallest absolute Gasteiger partial charge is 0.378 e. The van der Waals surface area contributed by atoms with Gasteiger partial charge in [0, 0.05) is 37.4 Å². The molecule has 31 heavy (non-hydrogen) atoms. The van der Waals surface area contributed by atoms with E-state index in [0.717, 1.165) is 12.1 Å². The lowest BCUT2D eigenvalue weighted by molar-refractivity contribution is -0.137. The van der Waals surface area contributed by atoms with Crippen LogP contribution in [0, 0.1) is 0 Å². The summed E-state index contributed by atoms with van der Waals surface area (Å²) in [5, 5.41) is 2.79. The molecule has 0 aliphatic carbocycles. The zero-order valence-electron chi connectivity index (χ0n) is 16.7. The van der Waals surface area contributed by atoms with E-state index in [1.807, 2.05) is 0 Å². The third kappa shape index (κ3) is 4.82. The van der Waals surface area contributed by atoms with Crippen molar-refractivity contribution < 1.29 is 27.5 Å². The summed E-state index contributed by atoms with van der Waals surface area (Å²) in [6.07, 6.45) is -4.03. The molecule has 6 nitrogen and oxygen atoms in total. The molecule has 0 spiro atoms. The summed E-state index contributed by atoms with van der Waals surface area (Å²) in [6, 6.07) is 9.99. The second kappa shape index (κ2) is 8.58. The van der Waals surface area contributed by atoms with Gasteiger partial charge in [-0.2, -0.15) is 13.2 Å². The molecule has 0 bridgehead atoms. The molecule has 0 aromatic heterocycles. The van der Waals surface area contributed by atoms with E-state index < -0.39 is 11.7 Å². The maximum Gasteiger partial charge on any atom is 0.416 e. The quantitative estimate of drug-likeness (QED) is 0.785. The Hall–Kier alpha value is -3.07. The molecule has 164 valence electrons. The van der Waals surface area contributed by atoms with Gasteiger partial charge in [-0.25, -0.2) is 4.79 Å². The Kier molecular flexibility index (Phi) is 5.86. The van der Waals surface area contributed by atoms with Crippen LogP contribution in [0.5, 0.6) is 0 Å². The number of morpholine rings is 1. The van der Waals surface area contributed by atoms with Gasteiger partial charge in [0.15, 0.2) is 0 Å². The van der Waals surface area contributed by atoms with E-state index in [2.05, 4.69) is 5.32 Å². The number of nitrogens with one attached hydrogen (secondary N) is 1. The van der Waals surface area contributed by atoms with E-state index in [1.165, 1.54) is 6.07 Å². The maximum absolute atomic E-state index is 12.9. The SMILES string of the molecule is O=C(Nc1cccc(C(=O)N2CCOCC2)c1)N1CCc2cc(C(F)(F)F)ccc2C1. The topological polar surface area (TPSA) is 61.9 Å². The number of halogens is 3. The molecule has 2 aliphatic rings. The Bertz CT molecular complexity index is 987. The first-order valence-corrected chi connectivity index (χ1v) is 10.0. The van der Waals surface area contributed by atoms with Gasteiger partial charge in [-0.3, -0.25) is 4.79 Å². The number of anilines is 1. The number of alkyl halides is 3. The zero-order valence-corrected chi connectivity index (χ0v) is 16.7. The Morgan fingerprint density at radius 2 is 1.71 bits per heavy atom. The predicted molar refractivity (Wildman–Crippen MR) is 108 cm³/mol. The minimum Gasteiger partial charge on any atom is -0.378 e. The van der Waals surface area contributed by atoms with Crippen LogP contribution in [0.2, 0.25) is 0 Å². The highest BCUT2D eigenvalue weighted by atomic mass is 19.4. The second-order valence-electron chi connectivity index (χ2n) is 7.57. The number of carbonyl (C=O) groups is 2. The van der Waals surface area contributed by atoms with Gasteiger partial charge in [0.25, 0.3) is 5.91 Å². The summed E-state index contributed by atoms with van der Waals surface area (Å²) >= 11 is 0. The molecule has 1 saturated heterocycles. The number of rotatable bonds is 2. The fraction of sp³-hybridized carbons (Fsp3) is 0.364. The predicted octanol–water partition coefficient (Wildman–Crippen LogP) is 3.77. The van der Waals surface area contributed by atoms with Crippen LogP contribution >= 0.6 is 0 Å². The van der Waals surface area contributed by atoms with Gasteiger partial charge in [-0.1, -0.05) is 12.1 Å². The minimum atomic E-state index is -4.38. The maximum atomic E-state index is 12.9. The first-order valence-electron chi connectivity index (χ1n) is 10.0. The van der Waals surface area contributed by atoms with Crippen molar-refractivity contribution in [3.8, 4) is 0 Å². The van der Waals surface area contributed by atoms with Crippen molar-refractivity contribution in [2.24, 2.45) is 0 Å². The number of benzene rings is 2. The summed E-state index contributed by atoms with van der Waals surface area (Å²) in [7, 11) is 0. The Morgan fingerprint density at radius 1 is 0.935 bits per heavy atom. The van der Waals surface area contributed by atoms with E-state index in [-0.39, 0.29) is 18.5 Å². The second-order valence-corrected chi connectivity index (χ2v) is 7.57. The number of ether oxygens (including phenoxy) is 1. The first-order chi connectivity index (χ1) is 14.8. The molecule has 0 atom stereocenters. The minimum absolute atomic E-state index is 0.119. The highest BCUT2D eigenvalue weighted by Gasteiger charge is 2.32. The zero-order chi connectivity index (χ0) is 22.0. The lowest BCUT2D eigenvalue weighted by atomic mass is 9.97. The Labute approximate surface area is 177 Å². The van der Waals surface area contributed by atoms with Gasteiger partial charge < -0.3 is 19.9 Å². The van der Waals surface area contributed by atoms with Crippen molar-refractivity contribution in [2.75, 3.05) is 38.2 Å². The number of hydrogen-bond donors (Lipinski definition) is 1. The Morgan fingerprint density at radius 3 is 2.45 bits per heavy atom. The number of nitrogens with zero attached hydrogens (tertiary/aromatic N) is 2. The Balaban J connectivity index is 1.41. The number of carbonyl (C=O) groups excluding carboxylic acids is 2. The van der Waals surface area contributed by atoms with Crippen LogP contribution in [-0.4, -0.2) is 54.6 Å². The number of amides is 3. The first kappa shape index (κ1) is 21.2. The van der Waals surface area contributed by atoms with E-state index in [1.54, 1.807) is 34.1 Å². The fourth-order valence-electron chi connectivity index (χ4n) is 3.78. The molecule has 4 rings (SSSR count). The molecular weight excluding hydrogens is 411 g/mol. The van der Waals surface area contributed by atoms with Gasteiger partial charge in [-0.15, -0.1) is 0 Å². The molecule has 2 aromatic rings. The number of fused-ring (bicyclic) bond motifs is 1. The lowest BCUT2D eigenvalue weighted by Crippen LogP contribution is -2.40. The molecule has 2 heterocycles.